The van der Waals surface area contributed by atoms with E-state index in [4.69, 9.17) is 4.98 Å². The summed E-state index contributed by atoms with van der Waals surface area (Å²) in [4.78, 5) is 5.92. The lowest BCUT2D eigenvalue weighted by Crippen LogP contribution is -2.30. The molecule has 0 bridgehead atoms. The predicted molar refractivity (Wildman–Crippen MR) is 83.2 cm³/mol. The predicted octanol–water partition coefficient (Wildman–Crippen LogP) is 3.50. The monoisotopic (exact) mass is 289 g/mol. The zero-order chi connectivity index (χ0) is 13.4. The van der Waals surface area contributed by atoms with Gasteiger partial charge in [0.25, 0.3) is 0 Å². The number of aromatic nitrogens is 2. The Morgan fingerprint density at radius 3 is 2.90 bits per heavy atom. The molecule has 2 fully saturated rings. The molecule has 1 atom stereocenters. The van der Waals surface area contributed by atoms with Gasteiger partial charge >= 0.3 is 0 Å². The van der Waals surface area contributed by atoms with E-state index in [9.17, 15) is 0 Å². The Morgan fingerprint density at radius 1 is 1.30 bits per heavy atom. The molecule has 20 heavy (non-hydrogen) atoms. The van der Waals surface area contributed by atoms with Crippen molar-refractivity contribution in [3.8, 4) is 0 Å². The van der Waals surface area contributed by atoms with Crippen molar-refractivity contribution < 1.29 is 0 Å². The zero-order valence-corrected chi connectivity index (χ0v) is 12.7. The van der Waals surface area contributed by atoms with Crippen LogP contribution in [0.2, 0.25) is 0 Å². The molecule has 2 aliphatic carbocycles. The molecule has 4 rings (SSSR count). The molecular weight excluding hydrogens is 266 g/mol. The van der Waals surface area contributed by atoms with Crippen LogP contribution < -0.4 is 5.32 Å². The van der Waals surface area contributed by atoms with Gasteiger partial charge in [0.15, 0.2) is 4.96 Å². The summed E-state index contributed by atoms with van der Waals surface area (Å²) >= 11 is 1.73. The van der Waals surface area contributed by atoms with Gasteiger partial charge in [-0.3, -0.25) is 4.40 Å². The number of thiazole rings is 1. The Morgan fingerprint density at radius 2 is 2.15 bits per heavy atom. The van der Waals surface area contributed by atoms with Crippen LogP contribution >= 0.6 is 11.3 Å². The van der Waals surface area contributed by atoms with Crippen LogP contribution in [0.3, 0.4) is 0 Å². The first-order valence-electron chi connectivity index (χ1n) is 8.03. The smallest absolute Gasteiger partial charge is 0.193 e. The molecule has 2 aliphatic rings. The zero-order valence-electron chi connectivity index (χ0n) is 11.9. The molecule has 2 aromatic heterocycles. The number of hydrogen-bond acceptors (Lipinski definition) is 3. The second-order valence-electron chi connectivity index (χ2n) is 6.52. The fourth-order valence-corrected chi connectivity index (χ4v) is 4.30. The van der Waals surface area contributed by atoms with Crippen LogP contribution in [0.25, 0.3) is 4.96 Å². The third-order valence-electron chi connectivity index (χ3n) is 4.93. The molecule has 108 valence electrons. The van der Waals surface area contributed by atoms with E-state index in [2.05, 4.69) is 27.5 Å². The van der Waals surface area contributed by atoms with E-state index in [1.807, 2.05) is 0 Å². The van der Waals surface area contributed by atoms with E-state index in [-0.39, 0.29) is 0 Å². The third kappa shape index (κ3) is 2.77. The van der Waals surface area contributed by atoms with E-state index in [0.717, 1.165) is 29.3 Å². The minimum atomic E-state index is 0.780. The fraction of sp³-hybridized carbons (Fsp3) is 0.688. The fourth-order valence-electron chi connectivity index (χ4n) is 3.58. The van der Waals surface area contributed by atoms with E-state index < -0.39 is 0 Å². The first-order valence-corrected chi connectivity index (χ1v) is 8.91. The van der Waals surface area contributed by atoms with Gasteiger partial charge in [0.05, 0.1) is 5.69 Å². The van der Waals surface area contributed by atoms with Gasteiger partial charge < -0.3 is 5.32 Å². The van der Waals surface area contributed by atoms with Crippen LogP contribution in [-0.4, -0.2) is 22.0 Å². The Labute approximate surface area is 124 Å². The topological polar surface area (TPSA) is 29.3 Å². The number of nitrogens with zero attached hydrogens (tertiary/aromatic N) is 2. The Kier molecular flexibility index (Phi) is 3.52. The van der Waals surface area contributed by atoms with Crippen molar-refractivity contribution in [3.63, 3.8) is 0 Å². The van der Waals surface area contributed by atoms with Crippen molar-refractivity contribution in [2.24, 2.45) is 11.8 Å². The maximum absolute atomic E-state index is 4.78. The van der Waals surface area contributed by atoms with Crippen LogP contribution in [-0.2, 0) is 6.42 Å². The van der Waals surface area contributed by atoms with E-state index >= 15 is 0 Å². The highest BCUT2D eigenvalue weighted by Gasteiger charge is 2.28. The molecule has 2 aromatic rings. The van der Waals surface area contributed by atoms with Crippen molar-refractivity contribution in [2.75, 3.05) is 6.54 Å². The molecule has 0 spiro atoms. The molecule has 0 aliphatic heterocycles. The third-order valence-corrected chi connectivity index (χ3v) is 5.70. The van der Waals surface area contributed by atoms with Crippen LogP contribution in [0.1, 0.15) is 44.2 Å². The molecule has 3 nitrogen and oxygen atoms in total. The second kappa shape index (κ2) is 5.49. The first kappa shape index (κ1) is 12.8. The summed E-state index contributed by atoms with van der Waals surface area (Å²) in [6, 6.07) is 0.824. The summed E-state index contributed by atoms with van der Waals surface area (Å²) in [6.45, 7) is 1.19. The van der Waals surface area contributed by atoms with Crippen LogP contribution in [0.5, 0.6) is 0 Å². The minimum absolute atomic E-state index is 0.780. The van der Waals surface area contributed by atoms with E-state index in [0.29, 0.717) is 0 Å². The summed E-state index contributed by atoms with van der Waals surface area (Å²) in [7, 11) is 0. The molecule has 4 heteroatoms. The molecule has 1 unspecified atom stereocenters. The lowest BCUT2D eigenvalue weighted by Gasteiger charge is -2.23. The molecule has 2 heterocycles. The van der Waals surface area contributed by atoms with E-state index in [1.165, 1.54) is 50.8 Å². The number of imidazole rings is 1. The quantitative estimate of drug-likeness (QED) is 0.882. The van der Waals surface area contributed by atoms with Gasteiger partial charge in [0, 0.05) is 23.8 Å². The van der Waals surface area contributed by atoms with E-state index in [1.54, 1.807) is 11.3 Å². The van der Waals surface area contributed by atoms with Gasteiger partial charge in [-0.15, -0.1) is 11.3 Å². The highest BCUT2D eigenvalue weighted by atomic mass is 32.1. The van der Waals surface area contributed by atoms with Crippen molar-refractivity contribution >= 4 is 16.3 Å². The Balaban J connectivity index is 1.46. The second-order valence-corrected chi connectivity index (χ2v) is 7.39. The SMILES string of the molecule is c1cn2cc(CC(CNC3CC3)C3CCCC3)nc2s1. The average Bonchev–Trinajstić information content (AvgIpc) is 2.85. The number of hydrogen-bond donors (Lipinski definition) is 1. The van der Waals surface area contributed by atoms with Crippen molar-refractivity contribution in [1.29, 1.82) is 0 Å². The first-order chi connectivity index (χ1) is 9.88. The summed E-state index contributed by atoms with van der Waals surface area (Å²) in [5, 5.41) is 5.86. The molecule has 0 saturated heterocycles. The standard InChI is InChI=1S/C16H23N3S/c1-2-4-12(3-1)13(10-17-14-5-6-14)9-15-11-19-7-8-20-16(19)18-15/h7-8,11-14,17H,1-6,9-10H2. The number of rotatable bonds is 6. The molecule has 2 saturated carbocycles. The molecule has 0 aromatic carbocycles. The normalized spacial score (nSPS) is 21.8. The number of nitrogens with one attached hydrogen (secondary N) is 1. The number of fused-ring (bicyclic) bond motifs is 1. The van der Waals surface area contributed by atoms with Gasteiger partial charge in [0.1, 0.15) is 0 Å². The highest BCUT2D eigenvalue weighted by molar-refractivity contribution is 7.15. The van der Waals surface area contributed by atoms with Gasteiger partial charge in [-0.1, -0.05) is 25.7 Å². The molecule has 0 radical (unpaired) electrons. The van der Waals surface area contributed by atoms with Crippen molar-refractivity contribution in [3.05, 3.63) is 23.5 Å². The van der Waals surface area contributed by atoms with Gasteiger partial charge in [-0.2, -0.15) is 0 Å². The summed E-state index contributed by atoms with van der Waals surface area (Å²) in [6.07, 6.45) is 14.0. The molecular formula is C16H23N3S. The summed E-state index contributed by atoms with van der Waals surface area (Å²) < 4.78 is 2.17. The van der Waals surface area contributed by atoms with Crippen LogP contribution in [0.15, 0.2) is 17.8 Å². The van der Waals surface area contributed by atoms with Gasteiger partial charge in [-0.25, -0.2) is 4.98 Å². The lowest BCUT2D eigenvalue weighted by molar-refractivity contribution is 0.318. The Hall–Kier alpha value is -0.870. The maximum Gasteiger partial charge on any atom is 0.193 e. The minimum Gasteiger partial charge on any atom is -0.314 e. The van der Waals surface area contributed by atoms with Crippen molar-refractivity contribution in [1.82, 2.24) is 14.7 Å². The van der Waals surface area contributed by atoms with Crippen molar-refractivity contribution in [2.45, 2.75) is 51.0 Å². The lowest BCUT2D eigenvalue weighted by atomic mass is 9.87. The molecule has 1 N–H and O–H groups in total. The van der Waals surface area contributed by atoms with Gasteiger partial charge in [-0.05, 0) is 37.6 Å². The van der Waals surface area contributed by atoms with Gasteiger partial charge in [0.2, 0.25) is 0 Å². The largest absolute Gasteiger partial charge is 0.314 e. The van der Waals surface area contributed by atoms with Crippen LogP contribution in [0, 0.1) is 11.8 Å². The van der Waals surface area contributed by atoms with Crippen LogP contribution in [0.4, 0.5) is 0 Å². The summed E-state index contributed by atoms with van der Waals surface area (Å²) in [5.41, 5.74) is 1.28. The highest BCUT2D eigenvalue weighted by Crippen LogP contribution is 2.33. The Bertz CT molecular complexity index is 535. The maximum atomic E-state index is 4.78. The molecule has 0 amide bonds. The average molecular weight is 289 g/mol. The summed E-state index contributed by atoms with van der Waals surface area (Å²) in [5.74, 6) is 1.70.